The largest absolute Gasteiger partial charge is 0.497 e. The molecule has 1 heterocycles. The van der Waals surface area contributed by atoms with Crippen molar-refractivity contribution in [2.24, 2.45) is 0 Å². The van der Waals surface area contributed by atoms with Gasteiger partial charge in [0.15, 0.2) is 0 Å². The van der Waals surface area contributed by atoms with Crippen LogP contribution in [-0.2, 0) is 22.7 Å². The van der Waals surface area contributed by atoms with E-state index in [1.807, 2.05) is 0 Å². The second-order valence-electron chi connectivity index (χ2n) is 5.27. The quantitative estimate of drug-likeness (QED) is 0.714. The van der Waals surface area contributed by atoms with Crippen molar-refractivity contribution in [3.63, 3.8) is 0 Å². The summed E-state index contributed by atoms with van der Waals surface area (Å²) in [5, 5.41) is 13.0. The van der Waals surface area contributed by atoms with Crippen molar-refractivity contribution < 1.29 is 24.2 Å². The van der Waals surface area contributed by atoms with Crippen LogP contribution in [0.5, 0.6) is 11.5 Å². The van der Waals surface area contributed by atoms with Crippen molar-refractivity contribution in [1.29, 1.82) is 0 Å². The predicted molar refractivity (Wildman–Crippen MR) is 87.2 cm³/mol. The second-order valence-corrected chi connectivity index (χ2v) is 5.27. The Bertz CT molecular complexity index is 695. The zero-order chi connectivity index (χ0) is 18.2. The van der Waals surface area contributed by atoms with Crippen molar-refractivity contribution in [2.75, 3.05) is 20.8 Å². The van der Waals surface area contributed by atoms with Gasteiger partial charge in [-0.1, -0.05) is 0 Å². The number of nitrogens with zero attached hydrogens (tertiary/aromatic N) is 4. The van der Waals surface area contributed by atoms with Gasteiger partial charge in [0.1, 0.15) is 30.7 Å². The maximum absolute atomic E-state index is 12.4. The maximum Gasteiger partial charge on any atom is 0.323 e. The Morgan fingerprint density at radius 3 is 2.40 bits per heavy atom. The minimum Gasteiger partial charge on any atom is -0.497 e. The Morgan fingerprint density at radius 2 is 1.88 bits per heavy atom. The van der Waals surface area contributed by atoms with Crippen LogP contribution in [0.3, 0.4) is 0 Å². The standard InChI is InChI=1S/C16H20N4O5/c1-24-13-5-12(6-14(7-13)25-2)8-19(9-16(22)23)15(21)3-4-20-11-17-10-18-20/h5-7,10-11H,3-4,8-9H2,1-2H3,(H,22,23). The molecular weight excluding hydrogens is 328 g/mol. The molecule has 2 aromatic rings. The van der Waals surface area contributed by atoms with Gasteiger partial charge in [0.25, 0.3) is 0 Å². The number of amides is 1. The highest BCUT2D eigenvalue weighted by Crippen LogP contribution is 2.23. The van der Waals surface area contributed by atoms with Crippen molar-refractivity contribution in [1.82, 2.24) is 19.7 Å². The fourth-order valence-corrected chi connectivity index (χ4v) is 2.29. The highest BCUT2D eigenvalue weighted by molar-refractivity contribution is 5.81. The number of ether oxygens (including phenoxy) is 2. The van der Waals surface area contributed by atoms with Gasteiger partial charge >= 0.3 is 5.97 Å². The highest BCUT2D eigenvalue weighted by Gasteiger charge is 2.18. The number of aliphatic carboxylic acids is 1. The number of methoxy groups -OCH3 is 2. The summed E-state index contributed by atoms with van der Waals surface area (Å²) in [4.78, 5) is 28.6. The van der Waals surface area contributed by atoms with E-state index in [0.717, 1.165) is 0 Å². The molecule has 0 aliphatic heterocycles. The number of rotatable bonds is 9. The number of benzene rings is 1. The van der Waals surface area contributed by atoms with Crippen LogP contribution in [0.15, 0.2) is 30.9 Å². The molecule has 134 valence electrons. The maximum atomic E-state index is 12.4. The van der Waals surface area contributed by atoms with Gasteiger partial charge in [-0.05, 0) is 17.7 Å². The van der Waals surface area contributed by atoms with Crippen LogP contribution in [0, 0.1) is 0 Å². The van der Waals surface area contributed by atoms with E-state index >= 15 is 0 Å². The van der Waals surface area contributed by atoms with E-state index in [0.29, 0.717) is 23.6 Å². The van der Waals surface area contributed by atoms with Crippen molar-refractivity contribution >= 4 is 11.9 Å². The third-order valence-corrected chi connectivity index (χ3v) is 3.48. The van der Waals surface area contributed by atoms with Crippen molar-refractivity contribution in [3.8, 4) is 11.5 Å². The molecule has 0 fully saturated rings. The van der Waals surface area contributed by atoms with Crippen LogP contribution in [-0.4, -0.2) is 57.4 Å². The van der Waals surface area contributed by atoms with Crippen LogP contribution >= 0.6 is 0 Å². The number of carboxylic acid groups (broad SMARTS) is 1. The molecule has 9 nitrogen and oxygen atoms in total. The fraction of sp³-hybridized carbons (Fsp3) is 0.375. The average Bonchev–Trinajstić information content (AvgIpc) is 3.11. The molecule has 0 spiro atoms. The van der Waals surface area contributed by atoms with Crippen LogP contribution in [0.25, 0.3) is 0 Å². The second kappa shape index (κ2) is 8.67. The normalized spacial score (nSPS) is 10.3. The number of hydrogen-bond donors (Lipinski definition) is 1. The number of aryl methyl sites for hydroxylation is 1. The lowest BCUT2D eigenvalue weighted by atomic mass is 10.1. The molecular formula is C16H20N4O5. The van der Waals surface area contributed by atoms with E-state index in [2.05, 4.69) is 10.1 Å². The first-order chi connectivity index (χ1) is 12.0. The fourth-order valence-electron chi connectivity index (χ4n) is 2.29. The molecule has 9 heteroatoms. The SMILES string of the molecule is COc1cc(CN(CC(=O)O)C(=O)CCn2cncn2)cc(OC)c1. The summed E-state index contributed by atoms with van der Waals surface area (Å²) in [5.74, 6) is -0.233. The molecule has 0 unspecified atom stereocenters. The summed E-state index contributed by atoms with van der Waals surface area (Å²) in [6, 6.07) is 5.18. The van der Waals surface area contributed by atoms with Gasteiger partial charge in [0.2, 0.25) is 5.91 Å². The van der Waals surface area contributed by atoms with Crippen LogP contribution in [0.1, 0.15) is 12.0 Å². The molecule has 0 aliphatic rings. The Kier molecular flexibility index (Phi) is 6.33. The first kappa shape index (κ1) is 18.2. The van der Waals surface area contributed by atoms with Gasteiger partial charge in [-0.2, -0.15) is 5.10 Å². The van der Waals surface area contributed by atoms with Gasteiger partial charge in [-0.3, -0.25) is 14.3 Å². The van der Waals surface area contributed by atoms with E-state index in [1.165, 1.54) is 36.5 Å². The average molecular weight is 348 g/mol. The van der Waals surface area contributed by atoms with Crippen molar-refractivity contribution in [2.45, 2.75) is 19.5 Å². The number of aromatic nitrogens is 3. The van der Waals surface area contributed by atoms with Gasteiger partial charge < -0.3 is 19.5 Å². The van der Waals surface area contributed by atoms with E-state index < -0.39 is 12.5 Å². The van der Waals surface area contributed by atoms with E-state index in [4.69, 9.17) is 14.6 Å². The van der Waals surface area contributed by atoms with E-state index in [9.17, 15) is 9.59 Å². The molecule has 1 aromatic carbocycles. The van der Waals surface area contributed by atoms with E-state index in [1.54, 1.807) is 18.2 Å². The summed E-state index contributed by atoms with van der Waals surface area (Å²) in [6.07, 6.45) is 3.00. The van der Waals surface area contributed by atoms with Gasteiger partial charge in [-0.15, -0.1) is 0 Å². The van der Waals surface area contributed by atoms with Gasteiger partial charge in [0.05, 0.1) is 20.8 Å². The molecule has 25 heavy (non-hydrogen) atoms. The molecule has 0 bridgehead atoms. The summed E-state index contributed by atoms with van der Waals surface area (Å²) in [5.41, 5.74) is 0.714. The molecule has 1 amide bonds. The van der Waals surface area contributed by atoms with Crippen LogP contribution in [0.2, 0.25) is 0 Å². The lowest BCUT2D eigenvalue weighted by Crippen LogP contribution is -2.35. The predicted octanol–water partition coefficient (Wildman–Crippen LogP) is 0.799. The lowest BCUT2D eigenvalue weighted by Gasteiger charge is -2.21. The molecule has 0 radical (unpaired) electrons. The summed E-state index contributed by atoms with van der Waals surface area (Å²) >= 11 is 0. The number of hydrogen-bond acceptors (Lipinski definition) is 6. The smallest absolute Gasteiger partial charge is 0.323 e. The van der Waals surface area contributed by atoms with Gasteiger partial charge in [-0.25, -0.2) is 4.98 Å². The number of carboxylic acids is 1. The summed E-state index contributed by atoms with van der Waals surface area (Å²) < 4.78 is 11.9. The van der Waals surface area contributed by atoms with Crippen LogP contribution in [0.4, 0.5) is 0 Å². The third-order valence-electron chi connectivity index (χ3n) is 3.48. The monoisotopic (exact) mass is 348 g/mol. The molecule has 0 aliphatic carbocycles. The molecule has 0 saturated carbocycles. The van der Waals surface area contributed by atoms with Crippen molar-refractivity contribution in [3.05, 3.63) is 36.4 Å². The number of carbonyl (C=O) groups is 2. The minimum absolute atomic E-state index is 0.123. The first-order valence-electron chi connectivity index (χ1n) is 7.55. The molecule has 1 N–H and O–H groups in total. The molecule has 2 rings (SSSR count). The lowest BCUT2D eigenvalue weighted by molar-refractivity contribution is -0.145. The Hall–Kier alpha value is -3.10. The first-order valence-corrected chi connectivity index (χ1v) is 7.55. The Morgan fingerprint density at radius 1 is 1.20 bits per heavy atom. The Labute approximate surface area is 144 Å². The van der Waals surface area contributed by atoms with E-state index in [-0.39, 0.29) is 18.9 Å². The van der Waals surface area contributed by atoms with Crippen LogP contribution < -0.4 is 9.47 Å². The number of carbonyl (C=O) groups excluding carboxylic acids is 1. The molecule has 1 aromatic heterocycles. The topological polar surface area (TPSA) is 107 Å². The molecule has 0 atom stereocenters. The summed E-state index contributed by atoms with van der Waals surface area (Å²) in [6.45, 7) is 0.0716. The Balaban J connectivity index is 2.11. The zero-order valence-corrected chi connectivity index (χ0v) is 14.1. The van der Waals surface area contributed by atoms with Gasteiger partial charge in [0, 0.05) is 19.0 Å². The highest BCUT2D eigenvalue weighted by atomic mass is 16.5. The zero-order valence-electron chi connectivity index (χ0n) is 14.1. The minimum atomic E-state index is -1.08. The molecule has 0 saturated heterocycles. The third kappa shape index (κ3) is 5.48. The summed E-state index contributed by atoms with van der Waals surface area (Å²) in [7, 11) is 3.05.